The van der Waals surface area contributed by atoms with Crippen molar-refractivity contribution in [3.63, 3.8) is 0 Å². The summed E-state index contributed by atoms with van der Waals surface area (Å²) >= 11 is 0. The predicted molar refractivity (Wildman–Crippen MR) is 71.0 cm³/mol. The van der Waals surface area contributed by atoms with Crippen LogP contribution in [0.3, 0.4) is 0 Å². The Kier molecular flexibility index (Phi) is 2.93. The second-order valence-corrected chi connectivity index (χ2v) is 4.37. The van der Waals surface area contributed by atoms with E-state index in [0.29, 0.717) is 11.3 Å². The SMILES string of the molecule is FC(F)(F)c1ccc(-c2ccc3[c]cccc3n2)cc1. The number of pyridine rings is 1. The number of hydrogen-bond donors (Lipinski definition) is 0. The summed E-state index contributed by atoms with van der Waals surface area (Å²) in [6.07, 6.45) is -4.32. The van der Waals surface area contributed by atoms with Crippen LogP contribution in [0.2, 0.25) is 0 Å². The number of hydrogen-bond acceptors (Lipinski definition) is 1. The Balaban J connectivity index is 2.02. The summed E-state index contributed by atoms with van der Waals surface area (Å²) in [5, 5.41) is 0.878. The van der Waals surface area contributed by atoms with Gasteiger partial charge in [-0.05, 0) is 30.3 Å². The highest BCUT2D eigenvalue weighted by Crippen LogP contribution is 2.30. The molecule has 1 radical (unpaired) electrons. The van der Waals surface area contributed by atoms with Crippen molar-refractivity contribution in [1.82, 2.24) is 4.98 Å². The summed E-state index contributed by atoms with van der Waals surface area (Å²) in [5.74, 6) is 0. The van der Waals surface area contributed by atoms with Gasteiger partial charge in [-0.25, -0.2) is 4.98 Å². The average molecular weight is 272 g/mol. The Morgan fingerprint density at radius 1 is 0.900 bits per heavy atom. The van der Waals surface area contributed by atoms with Crippen LogP contribution in [0.1, 0.15) is 5.56 Å². The molecule has 0 aliphatic heterocycles. The zero-order valence-corrected chi connectivity index (χ0v) is 10.3. The molecule has 0 bridgehead atoms. The Labute approximate surface area is 113 Å². The molecule has 1 heterocycles. The monoisotopic (exact) mass is 272 g/mol. The molecular formula is C16H9F3N. The van der Waals surface area contributed by atoms with Gasteiger partial charge in [0.25, 0.3) is 0 Å². The fraction of sp³-hybridized carbons (Fsp3) is 0.0625. The molecule has 3 rings (SSSR count). The molecular weight excluding hydrogens is 263 g/mol. The maximum atomic E-state index is 12.5. The molecule has 0 atom stereocenters. The fourth-order valence-corrected chi connectivity index (χ4v) is 1.99. The Morgan fingerprint density at radius 3 is 2.35 bits per heavy atom. The second-order valence-electron chi connectivity index (χ2n) is 4.37. The molecule has 3 aromatic rings. The van der Waals surface area contributed by atoms with E-state index in [4.69, 9.17) is 0 Å². The number of benzene rings is 2. The largest absolute Gasteiger partial charge is 0.416 e. The third-order valence-corrected chi connectivity index (χ3v) is 3.02. The van der Waals surface area contributed by atoms with Crippen molar-refractivity contribution >= 4 is 10.9 Å². The van der Waals surface area contributed by atoms with E-state index >= 15 is 0 Å². The van der Waals surface area contributed by atoms with E-state index in [9.17, 15) is 13.2 Å². The lowest BCUT2D eigenvalue weighted by Crippen LogP contribution is -2.04. The summed E-state index contributed by atoms with van der Waals surface area (Å²) in [6.45, 7) is 0. The maximum absolute atomic E-state index is 12.5. The topological polar surface area (TPSA) is 12.9 Å². The van der Waals surface area contributed by atoms with Crippen LogP contribution in [0.15, 0.2) is 54.6 Å². The smallest absolute Gasteiger partial charge is 0.248 e. The lowest BCUT2D eigenvalue weighted by Gasteiger charge is -2.07. The van der Waals surface area contributed by atoms with Gasteiger partial charge >= 0.3 is 6.18 Å². The molecule has 0 unspecified atom stereocenters. The second kappa shape index (κ2) is 4.63. The van der Waals surface area contributed by atoms with Crippen LogP contribution in [-0.2, 0) is 6.18 Å². The van der Waals surface area contributed by atoms with Crippen molar-refractivity contribution in [3.05, 3.63) is 66.2 Å². The van der Waals surface area contributed by atoms with Crippen molar-refractivity contribution in [1.29, 1.82) is 0 Å². The van der Waals surface area contributed by atoms with Gasteiger partial charge < -0.3 is 0 Å². The minimum atomic E-state index is -4.32. The van der Waals surface area contributed by atoms with Crippen molar-refractivity contribution in [3.8, 4) is 11.3 Å². The summed E-state index contributed by atoms with van der Waals surface area (Å²) in [6, 6.07) is 17.2. The van der Waals surface area contributed by atoms with Crippen LogP contribution in [0, 0.1) is 6.07 Å². The average Bonchev–Trinajstić information content (AvgIpc) is 2.46. The van der Waals surface area contributed by atoms with Crippen LogP contribution in [0.4, 0.5) is 13.2 Å². The first-order valence-corrected chi connectivity index (χ1v) is 5.99. The van der Waals surface area contributed by atoms with E-state index in [-0.39, 0.29) is 0 Å². The highest BCUT2D eigenvalue weighted by molar-refractivity contribution is 5.80. The first-order chi connectivity index (χ1) is 9.54. The van der Waals surface area contributed by atoms with Gasteiger partial charge in [-0.1, -0.05) is 30.3 Å². The molecule has 1 nitrogen and oxygen atoms in total. The van der Waals surface area contributed by atoms with Crippen LogP contribution in [0.5, 0.6) is 0 Å². The van der Waals surface area contributed by atoms with Gasteiger partial charge in [0, 0.05) is 10.9 Å². The molecule has 99 valence electrons. The molecule has 20 heavy (non-hydrogen) atoms. The van der Waals surface area contributed by atoms with Crippen molar-refractivity contribution in [2.24, 2.45) is 0 Å². The van der Waals surface area contributed by atoms with Gasteiger partial charge in [-0.15, -0.1) is 0 Å². The van der Waals surface area contributed by atoms with Crippen molar-refractivity contribution in [2.75, 3.05) is 0 Å². The molecule has 0 aliphatic rings. The number of nitrogens with zero attached hydrogens (tertiary/aromatic N) is 1. The van der Waals surface area contributed by atoms with Crippen LogP contribution < -0.4 is 0 Å². The highest BCUT2D eigenvalue weighted by Gasteiger charge is 2.29. The predicted octanol–water partition coefficient (Wildman–Crippen LogP) is 4.72. The first kappa shape index (κ1) is 12.7. The molecule has 4 heteroatoms. The zero-order valence-electron chi connectivity index (χ0n) is 10.3. The molecule has 0 N–H and O–H groups in total. The molecule has 0 amide bonds. The van der Waals surface area contributed by atoms with Gasteiger partial charge in [0.05, 0.1) is 16.8 Å². The fourth-order valence-electron chi connectivity index (χ4n) is 1.99. The van der Waals surface area contributed by atoms with E-state index in [2.05, 4.69) is 11.1 Å². The molecule has 0 spiro atoms. The summed E-state index contributed by atoms with van der Waals surface area (Å²) in [4.78, 5) is 4.42. The van der Waals surface area contributed by atoms with Gasteiger partial charge in [0.15, 0.2) is 0 Å². The minimum absolute atomic E-state index is 0.644. The molecule has 2 aromatic carbocycles. The van der Waals surface area contributed by atoms with E-state index in [1.54, 1.807) is 12.1 Å². The number of aromatic nitrogens is 1. The third-order valence-electron chi connectivity index (χ3n) is 3.02. The quantitative estimate of drug-likeness (QED) is 0.624. The van der Waals surface area contributed by atoms with Gasteiger partial charge in [0.1, 0.15) is 0 Å². The normalized spacial score (nSPS) is 11.8. The summed E-state index contributed by atoms with van der Waals surface area (Å²) in [5.41, 5.74) is 1.41. The zero-order chi connectivity index (χ0) is 14.2. The third kappa shape index (κ3) is 2.37. The molecule has 0 saturated carbocycles. The van der Waals surface area contributed by atoms with E-state index < -0.39 is 11.7 Å². The number of halogens is 3. The Bertz CT molecular complexity index is 746. The Hall–Kier alpha value is -2.36. The van der Waals surface area contributed by atoms with Crippen LogP contribution >= 0.6 is 0 Å². The van der Waals surface area contributed by atoms with Crippen LogP contribution in [-0.4, -0.2) is 4.98 Å². The van der Waals surface area contributed by atoms with E-state index in [1.165, 1.54) is 12.1 Å². The summed E-state index contributed by atoms with van der Waals surface area (Å²) in [7, 11) is 0. The highest BCUT2D eigenvalue weighted by atomic mass is 19.4. The molecule has 0 saturated heterocycles. The van der Waals surface area contributed by atoms with Gasteiger partial charge in [0.2, 0.25) is 0 Å². The number of rotatable bonds is 1. The molecule has 0 aliphatic carbocycles. The van der Waals surface area contributed by atoms with Crippen LogP contribution in [0.25, 0.3) is 22.2 Å². The van der Waals surface area contributed by atoms with E-state index in [1.807, 2.05) is 18.2 Å². The summed E-state index contributed by atoms with van der Waals surface area (Å²) < 4.78 is 37.5. The maximum Gasteiger partial charge on any atom is 0.416 e. The lowest BCUT2D eigenvalue weighted by atomic mass is 10.1. The number of fused-ring (bicyclic) bond motifs is 1. The lowest BCUT2D eigenvalue weighted by molar-refractivity contribution is -0.137. The number of alkyl halides is 3. The van der Waals surface area contributed by atoms with Gasteiger partial charge in [-0.2, -0.15) is 13.2 Å². The standard InChI is InChI=1S/C16H9F3N/c17-16(18,19)13-8-5-12(6-9-13)15-10-7-11-3-1-2-4-14(11)20-15/h1-2,4-10H. The van der Waals surface area contributed by atoms with Crippen molar-refractivity contribution < 1.29 is 13.2 Å². The molecule has 1 aromatic heterocycles. The Morgan fingerprint density at radius 2 is 1.65 bits per heavy atom. The van der Waals surface area contributed by atoms with Crippen molar-refractivity contribution in [2.45, 2.75) is 6.18 Å². The van der Waals surface area contributed by atoms with Gasteiger partial charge in [-0.3, -0.25) is 0 Å². The van der Waals surface area contributed by atoms with E-state index in [0.717, 1.165) is 23.0 Å². The minimum Gasteiger partial charge on any atom is -0.248 e. The molecule has 0 fully saturated rings. The first-order valence-electron chi connectivity index (χ1n) is 5.99.